The van der Waals surface area contributed by atoms with Gasteiger partial charge in [0.15, 0.2) is 0 Å². The van der Waals surface area contributed by atoms with E-state index in [-0.39, 0.29) is 6.71 Å². The normalized spacial score (nSPS) is 12.3. The fourth-order valence-corrected chi connectivity index (χ4v) is 6.15. The summed E-state index contributed by atoms with van der Waals surface area (Å²) in [6.07, 6.45) is 0. The Labute approximate surface area is 234 Å². The Morgan fingerprint density at radius 1 is 0.525 bits per heavy atom. The third-order valence-corrected chi connectivity index (χ3v) is 7.93. The van der Waals surface area contributed by atoms with E-state index in [1.165, 1.54) is 27.5 Å². The summed E-state index contributed by atoms with van der Waals surface area (Å²) in [5.41, 5.74) is 11.5. The summed E-state index contributed by atoms with van der Waals surface area (Å²) < 4.78 is 6.73. The van der Waals surface area contributed by atoms with Gasteiger partial charge in [0.2, 0.25) is 0 Å². The van der Waals surface area contributed by atoms with Gasteiger partial charge in [0, 0.05) is 40.1 Å². The first-order valence-corrected chi connectivity index (χ1v) is 13.7. The van der Waals surface area contributed by atoms with Gasteiger partial charge in [0.1, 0.15) is 11.5 Å². The molecule has 6 aromatic rings. The fourth-order valence-electron chi connectivity index (χ4n) is 6.15. The number of rotatable bonds is 4. The van der Waals surface area contributed by atoms with Gasteiger partial charge in [-0.15, -0.1) is 0 Å². The highest BCUT2D eigenvalue weighted by Gasteiger charge is 2.39. The van der Waals surface area contributed by atoms with Crippen molar-refractivity contribution in [3.05, 3.63) is 146 Å². The molecule has 6 aromatic carbocycles. The zero-order valence-corrected chi connectivity index (χ0v) is 21.8. The summed E-state index contributed by atoms with van der Waals surface area (Å²) in [4.78, 5) is 2.28. The number of benzene rings is 6. The Balaban J connectivity index is 1.31. The van der Waals surface area contributed by atoms with Crippen LogP contribution in [0.15, 0.2) is 146 Å². The van der Waals surface area contributed by atoms with Gasteiger partial charge in [0.25, 0.3) is 6.71 Å². The molecule has 0 unspecified atom stereocenters. The molecule has 40 heavy (non-hydrogen) atoms. The number of hydrogen-bond acceptors (Lipinski definition) is 3. The van der Waals surface area contributed by atoms with Gasteiger partial charge in [-0.3, -0.25) is 0 Å². The van der Waals surface area contributed by atoms with E-state index in [1.807, 2.05) is 0 Å². The molecule has 0 radical (unpaired) electrons. The average Bonchev–Trinajstić information content (AvgIpc) is 3.02. The van der Waals surface area contributed by atoms with E-state index >= 15 is 0 Å². The maximum atomic E-state index is 6.73. The lowest BCUT2D eigenvalue weighted by Gasteiger charge is -2.35. The predicted octanol–water partition coefficient (Wildman–Crippen LogP) is 7.50. The van der Waals surface area contributed by atoms with Crippen molar-refractivity contribution in [3.8, 4) is 22.6 Å². The molecule has 3 nitrogen and oxygen atoms in total. The summed E-state index contributed by atoms with van der Waals surface area (Å²) in [6.45, 7) is 0.0748. The summed E-state index contributed by atoms with van der Waals surface area (Å²) in [5, 5.41) is 3.76. The minimum Gasteiger partial charge on any atom is -0.458 e. The maximum absolute atomic E-state index is 6.73. The number of para-hydroxylation sites is 3. The zero-order chi connectivity index (χ0) is 26.5. The van der Waals surface area contributed by atoms with Crippen molar-refractivity contribution in [2.45, 2.75) is 0 Å². The Bertz CT molecular complexity index is 1820. The molecule has 1 N–H and O–H groups in total. The van der Waals surface area contributed by atoms with Crippen molar-refractivity contribution in [1.29, 1.82) is 0 Å². The van der Waals surface area contributed by atoms with E-state index in [0.717, 1.165) is 39.9 Å². The average molecular weight is 512 g/mol. The van der Waals surface area contributed by atoms with Crippen molar-refractivity contribution >= 4 is 51.5 Å². The molecule has 0 aliphatic carbocycles. The van der Waals surface area contributed by atoms with Crippen molar-refractivity contribution in [2.24, 2.45) is 0 Å². The topological polar surface area (TPSA) is 24.5 Å². The van der Waals surface area contributed by atoms with Crippen LogP contribution in [0.2, 0.25) is 0 Å². The number of nitrogens with zero attached hydrogens (tertiary/aromatic N) is 1. The van der Waals surface area contributed by atoms with Gasteiger partial charge in [-0.25, -0.2) is 0 Å². The third kappa shape index (κ3) is 3.61. The highest BCUT2D eigenvalue weighted by Crippen LogP contribution is 2.41. The SMILES string of the molecule is c1ccc(-c2ccc3c4c2Nc2ccccc2B4c2ccc(N(c4ccccc4)c4ccccc4)cc2O3)cc1. The van der Waals surface area contributed by atoms with Crippen molar-refractivity contribution in [3.63, 3.8) is 0 Å². The van der Waals surface area contributed by atoms with Crippen LogP contribution in [0.1, 0.15) is 0 Å². The number of ether oxygens (including phenoxy) is 1. The van der Waals surface area contributed by atoms with Crippen molar-refractivity contribution < 1.29 is 4.74 Å². The number of hydrogen-bond donors (Lipinski definition) is 1. The number of anilines is 5. The van der Waals surface area contributed by atoms with Crippen LogP contribution in [0.25, 0.3) is 11.1 Å². The first kappa shape index (κ1) is 22.7. The molecule has 0 saturated heterocycles. The quantitative estimate of drug-likeness (QED) is 0.247. The first-order chi connectivity index (χ1) is 19.8. The van der Waals surface area contributed by atoms with Crippen LogP contribution < -0.4 is 31.3 Å². The van der Waals surface area contributed by atoms with E-state index in [2.05, 4.69) is 156 Å². The molecule has 0 amide bonds. The molecule has 0 bridgehead atoms. The molecular formula is C36H25BN2O. The first-order valence-electron chi connectivity index (χ1n) is 13.7. The number of fused-ring (bicyclic) bond motifs is 4. The van der Waals surface area contributed by atoms with Gasteiger partial charge in [-0.2, -0.15) is 0 Å². The van der Waals surface area contributed by atoms with Crippen molar-refractivity contribution in [2.75, 3.05) is 10.2 Å². The summed E-state index contributed by atoms with van der Waals surface area (Å²) in [6, 6.07) is 51.2. The van der Waals surface area contributed by atoms with Gasteiger partial charge in [-0.1, -0.05) is 91.0 Å². The fraction of sp³-hybridized carbons (Fsp3) is 0. The molecule has 8 rings (SSSR count). The van der Waals surface area contributed by atoms with Gasteiger partial charge in [-0.05, 0) is 70.5 Å². The van der Waals surface area contributed by atoms with Crippen LogP contribution in [0.5, 0.6) is 11.5 Å². The molecule has 0 saturated carbocycles. The Hall–Kier alpha value is -5.22. The lowest BCUT2D eigenvalue weighted by Crippen LogP contribution is -2.58. The molecule has 2 heterocycles. The number of nitrogens with one attached hydrogen (secondary N) is 1. The van der Waals surface area contributed by atoms with Crippen LogP contribution in [-0.2, 0) is 0 Å². The van der Waals surface area contributed by atoms with E-state index < -0.39 is 0 Å². The zero-order valence-electron chi connectivity index (χ0n) is 21.8. The molecule has 188 valence electrons. The molecule has 2 aliphatic rings. The largest absolute Gasteiger partial charge is 0.458 e. The predicted molar refractivity (Wildman–Crippen MR) is 167 cm³/mol. The van der Waals surface area contributed by atoms with E-state index in [0.29, 0.717) is 0 Å². The molecule has 0 spiro atoms. The molecule has 0 atom stereocenters. The van der Waals surface area contributed by atoms with Crippen LogP contribution in [0.4, 0.5) is 28.4 Å². The minimum absolute atomic E-state index is 0.0748. The summed E-state index contributed by atoms with van der Waals surface area (Å²) in [7, 11) is 0. The van der Waals surface area contributed by atoms with Crippen LogP contribution in [0.3, 0.4) is 0 Å². The summed E-state index contributed by atoms with van der Waals surface area (Å²) in [5.74, 6) is 1.79. The van der Waals surface area contributed by atoms with Crippen molar-refractivity contribution in [1.82, 2.24) is 0 Å². The maximum Gasteiger partial charge on any atom is 0.256 e. The van der Waals surface area contributed by atoms with Crippen LogP contribution >= 0.6 is 0 Å². The second kappa shape index (κ2) is 9.21. The molecular weight excluding hydrogens is 487 g/mol. The smallest absolute Gasteiger partial charge is 0.256 e. The van der Waals surface area contributed by atoms with E-state index in [4.69, 9.17) is 4.74 Å². The second-order valence-electron chi connectivity index (χ2n) is 10.2. The molecule has 0 aromatic heterocycles. The summed E-state index contributed by atoms with van der Waals surface area (Å²) >= 11 is 0. The van der Waals surface area contributed by atoms with Crippen LogP contribution in [-0.4, -0.2) is 6.71 Å². The third-order valence-electron chi connectivity index (χ3n) is 7.93. The van der Waals surface area contributed by atoms with E-state index in [1.54, 1.807) is 0 Å². The highest BCUT2D eigenvalue weighted by molar-refractivity contribution is 6.99. The Morgan fingerprint density at radius 3 is 1.90 bits per heavy atom. The Morgan fingerprint density at radius 2 is 1.18 bits per heavy atom. The van der Waals surface area contributed by atoms with Gasteiger partial charge >= 0.3 is 0 Å². The molecule has 2 aliphatic heterocycles. The lowest BCUT2D eigenvalue weighted by atomic mass is 9.34. The minimum atomic E-state index is 0.0748. The van der Waals surface area contributed by atoms with Crippen LogP contribution in [0, 0.1) is 0 Å². The standard InChI is InChI=1S/C36H25BN2O/c1-4-12-25(13-5-1)29-21-23-33-35-36(29)38-32-19-11-10-18-30(32)37(35)31-22-20-28(24-34(31)40-33)39(26-14-6-2-7-15-26)27-16-8-3-9-17-27/h1-24,38H. The Kier molecular flexibility index (Phi) is 5.24. The molecule has 4 heteroatoms. The van der Waals surface area contributed by atoms with Gasteiger partial charge < -0.3 is 15.0 Å². The lowest BCUT2D eigenvalue weighted by molar-refractivity contribution is 0.488. The molecule has 0 fully saturated rings. The monoisotopic (exact) mass is 512 g/mol. The van der Waals surface area contributed by atoms with Gasteiger partial charge in [0.05, 0.1) is 0 Å². The second-order valence-corrected chi connectivity index (χ2v) is 10.2. The van der Waals surface area contributed by atoms with E-state index in [9.17, 15) is 0 Å². The highest BCUT2D eigenvalue weighted by atomic mass is 16.5.